The number of para-hydroxylation sites is 1. The summed E-state index contributed by atoms with van der Waals surface area (Å²) in [4.78, 5) is 32.5. The topological polar surface area (TPSA) is 62.2 Å². The Morgan fingerprint density at radius 1 is 0.912 bits per heavy atom. The van der Waals surface area contributed by atoms with Crippen molar-refractivity contribution in [1.29, 1.82) is 0 Å². The van der Waals surface area contributed by atoms with Crippen LogP contribution < -0.4 is 4.90 Å². The minimum Gasteiger partial charge on any atom is -0.352 e. The molecule has 8 heteroatoms. The number of hydrogen-bond donors (Lipinski definition) is 0. The van der Waals surface area contributed by atoms with Crippen LogP contribution in [-0.2, 0) is 0 Å². The number of carbonyl (C=O) groups is 1. The molecule has 0 spiro atoms. The average molecular weight is 486 g/mol. The molecule has 1 aliphatic heterocycles. The van der Waals surface area contributed by atoms with Gasteiger partial charge in [-0.3, -0.25) is 4.79 Å². The fourth-order valence-electron chi connectivity index (χ4n) is 4.44. The van der Waals surface area contributed by atoms with Crippen molar-refractivity contribution >= 4 is 55.8 Å². The predicted octanol–water partition coefficient (Wildman–Crippen LogP) is 5.52. The van der Waals surface area contributed by atoms with Crippen molar-refractivity contribution in [2.45, 2.75) is 0 Å². The summed E-state index contributed by atoms with van der Waals surface area (Å²) in [7, 11) is 0. The van der Waals surface area contributed by atoms with E-state index in [4.69, 9.17) is 16.6 Å². The molecular formula is C26H20ClN5OS. The summed E-state index contributed by atoms with van der Waals surface area (Å²) in [5.41, 5.74) is 3.17. The molecule has 34 heavy (non-hydrogen) atoms. The van der Waals surface area contributed by atoms with Crippen molar-refractivity contribution < 1.29 is 4.79 Å². The van der Waals surface area contributed by atoms with Crippen LogP contribution in [0.4, 0.5) is 5.82 Å². The number of aromatic nitrogens is 3. The molecule has 1 aliphatic rings. The van der Waals surface area contributed by atoms with E-state index in [2.05, 4.69) is 20.9 Å². The highest BCUT2D eigenvalue weighted by atomic mass is 35.5. The molecule has 3 aromatic heterocycles. The molecule has 2 aromatic carbocycles. The molecule has 168 valence electrons. The highest BCUT2D eigenvalue weighted by molar-refractivity contribution is 7.16. The molecule has 1 amide bonds. The molecule has 0 aliphatic carbocycles. The van der Waals surface area contributed by atoms with Gasteiger partial charge in [0.1, 0.15) is 17.0 Å². The van der Waals surface area contributed by atoms with Crippen LogP contribution in [0.3, 0.4) is 0 Å². The lowest BCUT2D eigenvalue weighted by atomic mass is 10.0. The summed E-state index contributed by atoms with van der Waals surface area (Å²) in [5, 5.41) is 4.64. The van der Waals surface area contributed by atoms with Crippen LogP contribution >= 0.6 is 22.9 Å². The molecule has 1 fully saturated rings. The second kappa shape index (κ2) is 8.66. The fourth-order valence-corrected chi connectivity index (χ4v) is 5.29. The minimum absolute atomic E-state index is 0.0248. The van der Waals surface area contributed by atoms with E-state index < -0.39 is 0 Å². The third-order valence-electron chi connectivity index (χ3n) is 6.19. The van der Waals surface area contributed by atoms with E-state index in [1.54, 1.807) is 17.7 Å². The molecular weight excluding hydrogens is 466 g/mol. The fraction of sp³-hybridized carbons (Fsp3) is 0.154. The SMILES string of the molecule is O=C(c1cc(-c2ccc(Cl)cc2)nc2ccccc12)N1CCN(c2ncnc3sccc23)CC1. The quantitative estimate of drug-likeness (QED) is 0.336. The maximum absolute atomic E-state index is 13.7. The van der Waals surface area contributed by atoms with Crippen LogP contribution in [-0.4, -0.2) is 51.9 Å². The highest BCUT2D eigenvalue weighted by Crippen LogP contribution is 2.29. The normalized spacial score (nSPS) is 14.1. The summed E-state index contributed by atoms with van der Waals surface area (Å²) in [6.45, 7) is 2.70. The lowest BCUT2D eigenvalue weighted by Crippen LogP contribution is -2.49. The van der Waals surface area contributed by atoms with E-state index in [0.717, 1.165) is 51.3 Å². The minimum atomic E-state index is 0.0248. The molecule has 1 saturated heterocycles. The van der Waals surface area contributed by atoms with Crippen molar-refractivity contribution in [2.24, 2.45) is 0 Å². The van der Waals surface area contributed by atoms with Gasteiger partial charge in [-0.2, -0.15) is 0 Å². The first-order valence-corrected chi connectivity index (χ1v) is 12.3. The van der Waals surface area contributed by atoms with Crippen molar-refractivity contribution in [2.75, 3.05) is 31.1 Å². The standard InChI is InChI=1S/C26H20ClN5OS/c27-18-7-5-17(6-8-18)23-15-21(19-3-1-2-4-22(19)30-23)26(33)32-12-10-31(11-13-32)24-20-9-14-34-25(20)29-16-28-24/h1-9,14-16H,10-13H2. The zero-order valence-electron chi connectivity index (χ0n) is 18.2. The number of anilines is 1. The summed E-state index contributed by atoms with van der Waals surface area (Å²) < 4.78 is 0. The lowest BCUT2D eigenvalue weighted by molar-refractivity contribution is 0.0748. The number of nitrogens with zero attached hydrogens (tertiary/aromatic N) is 5. The maximum atomic E-state index is 13.7. The molecule has 6 rings (SSSR count). The highest BCUT2D eigenvalue weighted by Gasteiger charge is 2.26. The Morgan fingerprint density at radius 3 is 2.53 bits per heavy atom. The van der Waals surface area contributed by atoms with E-state index in [9.17, 15) is 4.79 Å². The maximum Gasteiger partial charge on any atom is 0.254 e. The van der Waals surface area contributed by atoms with Crippen LogP contribution in [0.25, 0.3) is 32.4 Å². The van der Waals surface area contributed by atoms with Gasteiger partial charge < -0.3 is 9.80 Å². The van der Waals surface area contributed by atoms with Gasteiger partial charge in [0.2, 0.25) is 0 Å². The smallest absolute Gasteiger partial charge is 0.254 e. The number of rotatable bonds is 3. The number of hydrogen-bond acceptors (Lipinski definition) is 6. The van der Waals surface area contributed by atoms with Crippen LogP contribution in [0.1, 0.15) is 10.4 Å². The van der Waals surface area contributed by atoms with Gasteiger partial charge in [-0.05, 0) is 35.7 Å². The average Bonchev–Trinajstić information content (AvgIpc) is 3.37. The Hall–Kier alpha value is -3.55. The Morgan fingerprint density at radius 2 is 1.71 bits per heavy atom. The number of piperazine rings is 1. The summed E-state index contributed by atoms with van der Waals surface area (Å²) >= 11 is 7.68. The van der Waals surface area contributed by atoms with Gasteiger partial charge in [0.25, 0.3) is 5.91 Å². The molecule has 0 atom stereocenters. The van der Waals surface area contributed by atoms with Gasteiger partial charge in [0, 0.05) is 42.2 Å². The number of thiophene rings is 1. The Labute approximate surface area is 205 Å². The van der Waals surface area contributed by atoms with Crippen LogP contribution in [0.15, 0.2) is 72.4 Å². The molecule has 0 N–H and O–H groups in total. The molecule has 5 aromatic rings. The zero-order valence-corrected chi connectivity index (χ0v) is 19.8. The van der Waals surface area contributed by atoms with Crippen LogP contribution in [0, 0.1) is 0 Å². The number of benzene rings is 2. The number of fused-ring (bicyclic) bond motifs is 2. The second-order valence-corrected chi connectivity index (χ2v) is 9.53. The summed E-state index contributed by atoms with van der Waals surface area (Å²) in [5.74, 6) is 0.967. The van der Waals surface area contributed by atoms with Gasteiger partial charge in [0.15, 0.2) is 0 Å². The van der Waals surface area contributed by atoms with Crippen molar-refractivity contribution in [1.82, 2.24) is 19.9 Å². The first-order chi connectivity index (χ1) is 16.7. The zero-order chi connectivity index (χ0) is 23.1. The number of carbonyl (C=O) groups excluding carboxylic acids is 1. The Balaban J connectivity index is 1.30. The van der Waals surface area contributed by atoms with E-state index in [1.807, 2.05) is 64.9 Å². The molecule has 0 unspecified atom stereocenters. The second-order valence-electron chi connectivity index (χ2n) is 8.20. The lowest BCUT2D eigenvalue weighted by Gasteiger charge is -2.35. The Kier molecular flexibility index (Phi) is 5.36. The van der Waals surface area contributed by atoms with E-state index in [-0.39, 0.29) is 5.91 Å². The van der Waals surface area contributed by atoms with Gasteiger partial charge in [0.05, 0.1) is 22.2 Å². The molecule has 4 heterocycles. The van der Waals surface area contributed by atoms with Gasteiger partial charge in [-0.15, -0.1) is 11.3 Å². The monoisotopic (exact) mass is 485 g/mol. The van der Waals surface area contributed by atoms with E-state index in [1.165, 1.54) is 0 Å². The summed E-state index contributed by atoms with van der Waals surface area (Å²) in [6.07, 6.45) is 1.62. The first-order valence-electron chi connectivity index (χ1n) is 11.1. The largest absolute Gasteiger partial charge is 0.352 e. The molecule has 0 saturated carbocycles. The molecule has 6 nitrogen and oxygen atoms in total. The third-order valence-corrected chi connectivity index (χ3v) is 7.27. The molecule has 0 bridgehead atoms. The summed E-state index contributed by atoms with van der Waals surface area (Å²) in [6, 6.07) is 19.3. The third kappa shape index (κ3) is 3.77. The van der Waals surface area contributed by atoms with Crippen molar-refractivity contribution in [3.63, 3.8) is 0 Å². The number of amides is 1. The van der Waals surface area contributed by atoms with Gasteiger partial charge in [-0.1, -0.05) is 41.9 Å². The van der Waals surface area contributed by atoms with Crippen molar-refractivity contribution in [3.8, 4) is 11.3 Å². The van der Waals surface area contributed by atoms with Gasteiger partial charge in [-0.25, -0.2) is 15.0 Å². The Bertz CT molecular complexity index is 1510. The number of pyridine rings is 1. The van der Waals surface area contributed by atoms with Crippen molar-refractivity contribution in [3.05, 3.63) is 83.0 Å². The molecule has 0 radical (unpaired) electrons. The van der Waals surface area contributed by atoms with E-state index >= 15 is 0 Å². The number of halogens is 1. The van der Waals surface area contributed by atoms with E-state index in [0.29, 0.717) is 23.7 Å². The van der Waals surface area contributed by atoms with Crippen LogP contribution in [0.2, 0.25) is 5.02 Å². The predicted molar refractivity (Wildman–Crippen MR) is 138 cm³/mol. The van der Waals surface area contributed by atoms with Gasteiger partial charge >= 0.3 is 0 Å². The first kappa shape index (κ1) is 21.0. The van der Waals surface area contributed by atoms with Crippen LogP contribution in [0.5, 0.6) is 0 Å².